The quantitative estimate of drug-likeness (QED) is 0.871. The van der Waals surface area contributed by atoms with Crippen LogP contribution in [0, 0.1) is 0 Å². The number of likely N-dealkylation sites (tertiary alicyclic amines) is 1. The molecule has 0 aromatic carbocycles. The van der Waals surface area contributed by atoms with Crippen molar-refractivity contribution in [3.05, 3.63) is 16.1 Å². The molecule has 0 aliphatic carbocycles. The molecule has 0 radical (unpaired) electrons. The summed E-state index contributed by atoms with van der Waals surface area (Å²) in [5, 5.41) is 15.2. The van der Waals surface area contributed by atoms with Gasteiger partial charge in [0.1, 0.15) is 5.01 Å². The number of thiazole rings is 1. The van der Waals surface area contributed by atoms with Gasteiger partial charge in [-0.3, -0.25) is 9.69 Å². The molecule has 1 unspecified atom stereocenters. The van der Waals surface area contributed by atoms with Gasteiger partial charge in [-0.2, -0.15) is 0 Å². The van der Waals surface area contributed by atoms with Gasteiger partial charge in [0.15, 0.2) is 0 Å². The van der Waals surface area contributed by atoms with Crippen molar-refractivity contribution in [2.24, 2.45) is 0 Å². The van der Waals surface area contributed by atoms with Crippen molar-refractivity contribution in [2.75, 3.05) is 19.6 Å². The van der Waals surface area contributed by atoms with E-state index in [0.29, 0.717) is 0 Å². The van der Waals surface area contributed by atoms with Gasteiger partial charge >= 0.3 is 5.97 Å². The zero-order chi connectivity index (χ0) is 15.7. The molecule has 0 saturated carbocycles. The van der Waals surface area contributed by atoms with Crippen LogP contribution in [0.1, 0.15) is 44.8 Å². The summed E-state index contributed by atoms with van der Waals surface area (Å²) in [7, 11) is 0. The Balaban J connectivity index is 1.90. The van der Waals surface area contributed by atoms with Gasteiger partial charge < -0.3 is 10.4 Å². The maximum atomic E-state index is 10.7. The number of rotatable bonds is 5. The molecule has 0 amide bonds. The summed E-state index contributed by atoms with van der Waals surface area (Å²) in [5.41, 5.74) is 1.13. The lowest BCUT2D eigenvalue weighted by molar-refractivity contribution is -0.136. The molecule has 1 aliphatic heterocycles. The molecule has 0 bridgehead atoms. The van der Waals surface area contributed by atoms with E-state index >= 15 is 0 Å². The summed E-state index contributed by atoms with van der Waals surface area (Å²) >= 11 is 1.71. The first kappa shape index (κ1) is 16.4. The molecule has 1 aromatic heterocycles. The second kappa shape index (κ2) is 6.02. The summed E-state index contributed by atoms with van der Waals surface area (Å²) in [6, 6.07) is 0. The molecule has 0 spiro atoms. The van der Waals surface area contributed by atoms with Crippen molar-refractivity contribution in [3.8, 4) is 0 Å². The fourth-order valence-corrected chi connectivity index (χ4v) is 3.61. The third-order valence-corrected chi connectivity index (χ3v) is 4.73. The molecule has 5 nitrogen and oxygen atoms in total. The van der Waals surface area contributed by atoms with E-state index < -0.39 is 5.97 Å². The van der Waals surface area contributed by atoms with E-state index in [0.717, 1.165) is 36.8 Å². The van der Waals surface area contributed by atoms with Crippen LogP contribution in [0.5, 0.6) is 0 Å². The molecule has 2 heterocycles. The Hall–Kier alpha value is -0.980. The number of aromatic nitrogens is 1. The summed E-state index contributed by atoms with van der Waals surface area (Å²) in [4.78, 5) is 17.8. The van der Waals surface area contributed by atoms with Gasteiger partial charge in [-0.15, -0.1) is 11.3 Å². The smallest absolute Gasteiger partial charge is 0.317 e. The van der Waals surface area contributed by atoms with Crippen LogP contribution in [0.25, 0.3) is 0 Å². The molecule has 2 rings (SSSR count). The van der Waals surface area contributed by atoms with Gasteiger partial charge in [0.25, 0.3) is 0 Å². The Morgan fingerprint density at radius 2 is 2.29 bits per heavy atom. The average molecular weight is 311 g/mol. The molecule has 2 N–H and O–H groups in total. The Morgan fingerprint density at radius 1 is 1.57 bits per heavy atom. The van der Waals surface area contributed by atoms with Crippen LogP contribution in [0.15, 0.2) is 5.38 Å². The van der Waals surface area contributed by atoms with Crippen molar-refractivity contribution in [3.63, 3.8) is 0 Å². The van der Waals surface area contributed by atoms with Crippen LogP contribution in [0.4, 0.5) is 0 Å². The highest BCUT2D eigenvalue weighted by atomic mass is 32.1. The number of hydrogen-bond acceptors (Lipinski definition) is 5. The number of hydrogen-bond donors (Lipinski definition) is 2. The van der Waals surface area contributed by atoms with E-state index in [9.17, 15) is 4.79 Å². The van der Waals surface area contributed by atoms with Crippen LogP contribution < -0.4 is 5.32 Å². The number of nitrogens with zero attached hydrogens (tertiary/aromatic N) is 2. The number of carboxylic acid groups (broad SMARTS) is 1. The topological polar surface area (TPSA) is 65.5 Å². The Bertz CT molecular complexity index is 509. The lowest BCUT2D eigenvalue weighted by Crippen LogP contribution is -2.46. The van der Waals surface area contributed by atoms with E-state index in [2.05, 4.69) is 43.3 Å². The number of carbonyl (C=O) groups is 1. The van der Waals surface area contributed by atoms with Gasteiger partial charge in [0.05, 0.1) is 18.8 Å². The lowest BCUT2D eigenvalue weighted by Gasteiger charge is -2.25. The second-order valence-corrected chi connectivity index (χ2v) is 8.09. The van der Waals surface area contributed by atoms with Crippen molar-refractivity contribution in [1.82, 2.24) is 15.2 Å². The Labute approximate surface area is 130 Å². The minimum absolute atomic E-state index is 0.0236. The number of nitrogens with one attached hydrogen (secondary N) is 1. The molecule has 1 atom stereocenters. The van der Waals surface area contributed by atoms with E-state index in [1.807, 2.05) is 0 Å². The minimum atomic E-state index is -0.801. The summed E-state index contributed by atoms with van der Waals surface area (Å²) in [6.07, 6.45) is 0.970. The van der Waals surface area contributed by atoms with Crippen LogP contribution in [-0.2, 0) is 16.8 Å². The first-order valence-electron chi connectivity index (χ1n) is 7.32. The Morgan fingerprint density at radius 3 is 2.86 bits per heavy atom. The number of carboxylic acids is 1. The van der Waals surface area contributed by atoms with E-state index in [1.54, 1.807) is 11.3 Å². The van der Waals surface area contributed by atoms with Crippen LogP contribution >= 0.6 is 11.3 Å². The molecule has 1 fully saturated rings. The first-order chi connectivity index (χ1) is 9.68. The third kappa shape index (κ3) is 4.49. The van der Waals surface area contributed by atoms with E-state index in [-0.39, 0.29) is 17.5 Å². The SMILES string of the molecule is CC1(NCC(=O)O)CCN(Cc2nc(C(C)(C)C)cs2)C1. The predicted octanol–water partition coefficient (Wildman–Crippen LogP) is 2.08. The van der Waals surface area contributed by atoms with Crippen molar-refractivity contribution in [2.45, 2.75) is 51.6 Å². The lowest BCUT2D eigenvalue weighted by atomic mass is 9.93. The predicted molar refractivity (Wildman–Crippen MR) is 84.8 cm³/mol. The number of aliphatic carboxylic acids is 1. The van der Waals surface area contributed by atoms with Gasteiger partial charge in [-0.1, -0.05) is 20.8 Å². The monoisotopic (exact) mass is 311 g/mol. The molecule has 1 saturated heterocycles. The highest BCUT2D eigenvalue weighted by molar-refractivity contribution is 7.09. The molecule has 6 heteroatoms. The standard InChI is InChI=1S/C15H25N3O2S/c1-14(2,3)11-9-21-12(17-11)8-18-6-5-15(4,10-18)16-7-13(19)20/h9,16H,5-8,10H2,1-4H3,(H,19,20). The van der Waals surface area contributed by atoms with Gasteiger partial charge in [-0.05, 0) is 13.3 Å². The van der Waals surface area contributed by atoms with Gasteiger partial charge in [-0.25, -0.2) is 4.98 Å². The molecular weight excluding hydrogens is 286 g/mol. The summed E-state index contributed by atoms with van der Waals surface area (Å²) in [5.74, 6) is -0.801. The highest BCUT2D eigenvalue weighted by Gasteiger charge is 2.34. The minimum Gasteiger partial charge on any atom is -0.480 e. The summed E-state index contributed by atoms with van der Waals surface area (Å²) in [6.45, 7) is 11.3. The van der Waals surface area contributed by atoms with Gasteiger partial charge in [0, 0.05) is 29.4 Å². The van der Waals surface area contributed by atoms with Crippen molar-refractivity contribution in [1.29, 1.82) is 0 Å². The molecule has 118 valence electrons. The average Bonchev–Trinajstić information content (AvgIpc) is 2.95. The largest absolute Gasteiger partial charge is 0.480 e. The van der Waals surface area contributed by atoms with Crippen LogP contribution in [0.3, 0.4) is 0 Å². The summed E-state index contributed by atoms with van der Waals surface area (Å²) < 4.78 is 0. The fourth-order valence-electron chi connectivity index (χ4n) is 2.54. The zero-order valence-corrected chi connectivity index (χ0v) is 14.1. The van der Waals surface area contributed by atoms with Gasteiger partial charge in [0.2, 0.25) is 0 Å². The van der Waals surface area contributed by atoms with Crippen LogP contribution in [0.2, 0.25) is 0 Å². The molecule has 21 heavy (non-hydrogen) atoms. The second-order valence-electron chi connectivity index (χ2n) is 7.15. The maximum Gasteiger partial charge on any atom is 0.317 e. The van der Waals surface area contributed by atoms with E-state index in [1.165, 1.54) is 0 Å². The zero-order valence-electron chi connectivity index (χ0n) is 13.3. The molecule has 1 aromatic rings. The highest BCUT2D eigenvalue weighted by Crippen LogP contribution is 2.27. The first-order valence-corrected chi connectivity index (χ1v) is 8.20. The molecular formula is C15H25N3O2S. The van der Waals surface area contributed by atoms with E-state index in [4.69, 9.17) is 10.1 Å². The molecule has 1 aliphatic rings. The Kier molecular flexibility index (Phi) is 4.70. The van der Waals surface area contributed by atoms with Crippen molar-refractivity contribution < 1.29 is 9.90 Å². The van der Waals surface area contributed by atoms with Crippen LogP contribution in [-0.4, -0.2) is 46.1 Å². The fraction of sp³-hybridized carbons (Fsp3) is 0.733. The maximum absolute atomic E-state index is 10.7. The van der Waals surface area contributed by atoms with Crippen molar-refractivity contribution >= 4 is 17.3 Å². The third-order valence-electron chi connectivity index (χ3n) is 3.90. The normalized spacial score (nSPS) is 23.6.